The molecule has 9 aromatic rings. The molecule has 0 unspecified atom stereocenters. The third-order valence-corrected chi connectivity index (χ3v) is 11.7. The lowest BCUT2D eigenvalue weighted by Crippen LogP contribution is -2.10. The first-order valence-electron chi connectivity index (χ1n) is 20.0. The molecule has 0 atom stereocenters. The van der Waals surface area contributed by atoms with Crippen molar-refractivity contribution in [3.8, 4) is 101 Å². The largest absolute Gasteiger partial charge is 0.647 e. The standard InChI is InChI=1S/C54H39O7P/c55-43-31-34-46(52(40-25-13-4-14-26-40)49(43)37-19-7-1-8-20-37)59-62(58,60-47-35-32-44(56)50(38-21-9-2-10-22-38)53(47)41-27-15-5-16-28-41)61-48-36-33-45(57)51(39-23-11-3-12-24-39)54(48)42-29-17-6-18-30-42/h1-36,55-57H. The lowest BCUT2D eigenvalue weighted by atomic mass is 9.93. The lowest BCUT2D eigenvalue weighted by molar-refractivity contribution is 0.299. The first-order valence-corrected chi connectivity index (χ1v) is 21.4. The summed E-state index contributed by atoms with van der Waals surface area (Å²) in [7, 11) is -4.95. The number of phosphoric acid groups is 1. The fourth-order valence-electron chi connectivity index (χ4n) is 7.73. The van der Waals surface area contributed by atoms with Crippen LogP contribution in [-0.2, 0) is 4.57 Å². The van der Waals surface area contributed by atoms with E-state index in [4.69, 9.17) is 13.6 Å². The topological polar surface area (TPSA) is 105 Å². The van der Waals surface area contributed by atoms with Crippen molar-refractivity contribution in [3.63, 3.8) is 0 Å². The molecule has 0 heterocycles. The Kier molecular flexibility index (Phi) is 11.0. The van der Waals surface area contributed by atoms with Crippen LogP contribution < -0.4 is 13.6 Å². The Morgan fingerprint density at radius 2 is 0.452 bits per heavy atom. The number of hydrogen-bond donors (Lipinski definition) is 3. The van der Waals surface area contributed by atoms with Crippen molar-refractivity contribution in [2.75, 3.05) is 0 Å². The second kappa shape index (κ2) is 17.3. The lowest BCUT2D eigenvalue weighted by Gasteiger charge is -2.26. The molecule has 0 radical (unpaired) electrons. The van der Waals surface area contributed by atoms with Crippen molar-refractivity contribution in [3.05, 3.63) is 218 Å². The quantitative estimate of drug-likeness (QED) is 0.105. The molecule has 7 nitrogen and oxygen atoms in total. The summed E-state index contributed by atoms with van der Waals surface area (Å²) < 4.78 is 36.4. The van der Waals surface area contributed by atoms with Crippen LogP contribution in [0.4, 0.5) is 0 Å². The van der Waals surface area contributed by atoms with Crippen molar-refractivity contribution in [2.45, 2.75) is 0 Å². The molecule has 0 spiro atoms. The van der Waals surface area contributed by atoms with Gasteiger partial charge in [-0.15, -0.1) is 0 Å². The van der Waals surface area contributed by atoms with E-state index in [9.17, 15) is 15.3 Å². The summed E-state index contributed by atoms with van der Waals surface area (Å²) in [5.41, 5.74) is 6.78. The smallest absolute Gasteiger partial charge is 0.507 e. The van der Waals surface area contributed by atoms with Crippen LogP contribution in [0.5, 0.6) is 34.5 Å². The summed E-state index contributed by atoms with van der Waals surface area (Å²) >= 11 is 0. The van der Waals surface area contributed by atoms with Gasteiger partial charge in [-0.05, 0) is 69.8 Å². The summed E-state index contributed by atoms with van der Waals surface area (Å²) in [4.78, 5) is 0. The molecule has 0 aliphatic rings. The highest BCUT2D eigenvalue weighted by atomic mass is 31.2. The van der Waals surface area contributed by atoms with Gasteiger partial charge in [0.05, 0.1) is 0 Å². The predicted molar refractivity (Wildman–Crippen MR) is 246 cm³/mol. The fourth-order valence-corrected chi connectivity index (χ4v) is 9.02. The van der Waals surface area contributed by atoms with Gasteiger partial charge in [-0.25, -0.2) is 0 Å². The second-order valence-corrected chi connectivity index (χ2v) is 15.9. The third-order valence-electron chi connectivity index (χ3n) is 10.4. The van der Waals surface area contributed by atoms with Gasteiger partial charge in [-0.3, -0.25) is 0 Å². The fraction of sp³-hybridized carbons (Fsp3) is 0. The molecule has 0 saturated heterocycles. The zero-order valence-corrected chi connectivity index (χ0v) is 34.1. The van der Waals surface area contributed by atoms with E-state index < -0.39 is 7.82 Å². The summed E-state index contributed by atoms with van der Waals surface area (Å²) in [5, 5.41) is 34.6. The molecule has 0 aliphatic heterocycles. The van der Waals surface area contributed by atoms with Crippen LogP contribution in [0.1, 0.15) is 0 Å². The average Bonchev–Trinajstić information content (AvgIpc) is 3.32. The average molecular weight is 831 g/mol. The zero-order valence-electron chi connectivity index (χ0n) is 33.2. The van der Waals surface area contributed by atoms with Crippen LogP contribution in [0.2, 0.25) is 0 Å². The number of phosphoric ester groups is 1. The molecule has 0 bridgehead atoms. The van der Waals surface area contributed by atoms with Crippen LogP contribution in [0, 0.1) is 0 Å². The van der Waals surface area contributed by atoms with E-state index >= 15 is 4.57 Å². The Bertz CT molecular complexity index is 2690. The molecule has 3 N–H and O–H groups in total. The van der Waals surface area contributed by atoms with Crippen molar-refractivity contribution < 1.29 is 33.5 Å². The minimum Gasteiger partial charge on any atom is -0.507 e. The van der Waals surface area contributed by atoms with Crippen LogP contribution in [0.3, 0.4) is 0 Å². The molecular weight excluding hydrogens is 792 g/mol. The van der Waals surface area contributed by atoms with Crippen molar-refractivity contribution >= 4 is 7.82 Å². The van der Waals surface area contributed by atoms with E-state index in [1.165, 1.54) is 36.4 Å². The maximum atomic E-state index is 16.2. The first kappa shape index (κ1) is 39.5. The van der Waals surface area contributed by atoms with E-state index in [2.05, 4.69) is 0 Å². The monoisotopic (exact) mass is 830 g/mol. The number of hydrogen-bond acceptors (Lipinski definition) is 7. The molecule has 302 valence electrons. The molecule has 8 heteroatoms. The van der Waals surface area contributed by atoms with Crippen molar-refractivity contribution in [1.82, 2.24) is 0 Å². The number of benzene rings is 9. The highest BCUT2D eigenvalue weighted by molar-refractivity contribution is 7.49. The second-order valence-electron chi connectivity index (χ2n) is 14.4. The molecule has 0 aliphatic carbocycles. The number of aromatic hydroxyl groups is 3. The zero-order chi connectivity index (χ0) is 42.5. The number of phenolic OH excluding ortho intramolecular Hbond substituents is 3. The van der Waals surface area contributed by atoms with Gasteiger partial charge in [-0.1, -0.05) is 182 Å². The Hall–Kier alpha value is -7.99. The normalized spacial score (nSPS) is 11.2. The minimum absolute atomic E-state index is 0.0196. The van der Waals surface area contributed by atoms with Gasteiger partial charge in [0.25, 0.3) is 0 Å². The summed E-state index contributed by atoms with van der Waals surface area (Å²) in [6, 6.07) is 65.3. The van der Waals surface area contributed by atoms with E-state index in [1.807, 2.05) is 182 Å². The van der Waals surface area contributed by atoms with Gasteiger partial charge < -0.3 is 28.9 Å². The Morgan fingerprint density at radius 3 is 0.661 bits per heavy atom. The van der Waals surface area contributed by atoms with Crippen LogP contribution in [0.15, 0.2) is 218 Å². The summed E-state index contributed by atoms with van der Waals surface area (Å²) in [6.45, 7) is 0. The van der Waals surface area contributed by atoms with E-state index in [-0.39, 0.29) is 34.5 Å². The van der Waals surface area contributed by atoms with Gasteiger partial charge in [0.1, 0.15) is 34.5 Å². The highest BCUT2D eigenvalue weighted by Crippen LogP contribution is 2.59. The van der Waals surface area contributed by atoms with E-state index in [0.29, 0.717) is 66.8 Å². The van der Waals surface area contributed by atoms with Crippen LogP contribution in [0.25, 0.3) is 66.8 Å². The summed E-state index contributed by atoms with van der Waals surface area (Å²) in [5.74, 6) is 0.241. The molecular formula is C54H39O7P. The Labute approximate surface area is 359 Å². The van der Waals surface area contributed by atoms with Crippen LogP contribution in [-0.4, -0.2) is 15.3 Å². The third kappa shape index (κ3) is 8.01. The first-order chi connectivity index (χ1) is 30.4. The highest BCUT2D eigenvalue weighted by Gasteiger charge is 2.38. The molecule has 0 saturated carbocycles. The maximum Gasteiger partial charge on any atom is 0.647 e. The van der Waals surface area contributed by atoms with Gasteiger partial charge in [-0.2, -0.15) is 4.57 Å². The molecule has 9 rings (SSSR count). The Morgan fingerprint density at radius 1 is 0.258 bits per heavy atom. The SMILES string of the molecule is O=P(Oc1ccc(O)c(-c2ccccc2)c1-c1ccccc1)(Oc1ccc(O)c(-c2ccccc2)c1-c1ccccc1)Oc1ccc(O)c(-c2ccccc2)c1-c1ccccc1. The molecule has 0 amide bonds. The minimum atomic E-state index is -4.95. The number of rotatable bonds is 12. The van der Waals surface area contributed by atoms with Gasteiger partial charge >= 0.3 is 7.82 Å². The Balaban J connectivity index is 1.30. The molecule has 0 fully saturated rings. The number of phenols is 3. The molecule has 9 aromatic carbocycles. The van der Waals surface area contributed by atoms with Crippen molar-refractivity contribution in [1.29, 1.82) is 0 Å². The van der Waals surface area contributed by atoms with Gasteiger partial charge in [0.15, 0.2) is 0 Å². The predicted octanol–water partition coefficient (Wildman–Crippen LogP) is 14.5. The van der Waals surface area contributed by atoms with E-state index in [1.54, 1.807) is 0 Å². The van der Waals surface area contributed by atoms with Crippen molar-refractivity contribution in [2.24, 2.45) is 0 Å². The van der Waals surface area contributed by atoms with Crippen LogP contribution >= 0.6 is 7.82 Å². The molecule has 0 aromatic heterocycles. The maximum absolute atomic E-state index is 16.2. The van der Waals surface area contributed by atoms with E-state index in [0.717, 1.165) is 0 Å². The van der Waals surface area contributed by atoms with Gasteiger partial charge in [0, 0.05) is 33.4 Å². The summed E-state index contributed by atoms with van der Waals surface area (Å²) in [6.07, 6.45) is 0. The molecule has 62 heavy (non-hydrogen) atoms. The van der Waals surface area contributed by atoms with Gasteiger partial charge in [0.2, 0.25) is 0 Å².